The summed E-state index contributed by atoms with van der Waals surface area (Å²) < 4.78 is 10.3. The molecule has 1 rings (SSSR count). The van der Waals surface area contributed by atoms with E-state index in [0.717, 1.165) is 0 Å². The Morgan fingerprint density at radius 1 is 1.42 bits per heavy atom. The molecule has 1 unspecified atom stereocenters. The van der Waals surface area contributed by atoms with Crippen LogP contribution in [-0.4, -0.2) is 34.7 Å². The summed E-state index contributed by atoms with van der Waals surface area (Å²) in [5.74, 6) is 0.279. The van der Waals surface area contributed by atoms with Crippen molar-refractivity contribution in [1.29, 1.82) is 0 Å². The van der Waals surface area contributed by atoms with Crippen LogP contribution in [0.2, 0.25) is 0 Å². The lowest BCUT2D eigenvalue weighted by Crippen LogP contribution is -2.29. The lowest BCUT2D eigenvalue weighted by molar-refractivity contribution is -0.143. The van der Waals surface area contributed by atoms with Gasteiger partial charge in [-0.1, -0.05) is 0 Å². The largest absolute Gasteiger partial charge is 0.473 e. The number of esters is 1. The molecule has 0 saturated carbocycles. The Hall–Kier alpha value is -2.05. The van der Waals surface area contributed by atoms with Crippen molar-refractivity contribution >= 4 is 17.5 Å². The molecular formula is C12H20N4O3. The highest BCUT2D eigenvalue weighted by Crippen LogP contribution is 2.25. The molecule has 0 fully saturated rings. The van der Waals surface area contributed by atoms with Crippen LogP contribution in [0.4, 0.5) is 11.5 Å². The number of carbonyl (C=O) groups is 1. The Kier molecular flexibility index (Phi) is 5.35. The van der Waals surface area contributed by atoms with Crippen LogP contribution in [0.25, 0.3) is 0 Å². The van der Waals surface area contributed by atoms with Crippen LogP contribution in [0.5, 0.6) is 5.88 Å². The minimum atomic E-state index is -0.552. The number of nitrogens with zero attached hydrogens (tertiary/aromatic N) is 2. The predicted octanol–water partition coefficient (Wildman–Crippen LogP) is 1.21. The van der Waals surface area contributed by atoms with Crippen molar-refractivity contribution in [2.45, 2.75) is 39.8 Å². The second-order valence-electron chi connectivity index (χ2n) is 4.23. The molecule has 0 aliphatic heterocycles. The molecule has 0 aromatic carbocycles. The molecule has 106 valence electrons. The Labute approximate surface area is 112 Å². The highest BCUT2D eigenvalue weighted by Gasteiger charge is 2.17. The van der Waals surface area contributed by atoms with Gasteiger partial charge in [-0.3, -0.25) is 0 Å². The molecule has 7 nitrogen and oxygen atoms in total. The third-order valence-electron chi connectivity index (χ3n) is 2.19. The molecule has 7 heteroatoms. The topological polar surface area (TPSA) is 99.4 Å². The lowest BCUT2D eigenvalue weighted by atomic mass is 10.3. The summed E-state index contributed by atoms with van der Waals surface area (Å²) in [6.07, 6.45) is 1.28. The molecule has 0 radical (unpaired) electrons. The fraction of sp³-hybridized carbons (Fsp3) is 0.583. The van der Waals surface area contributed by atoms with Crippen LogP contribution in [0.15, 0.2) is 6.33 Å². The highest BCUT2D eigenvalue weighted by atomic mass is 16.5. The molecule has 3 N–H and O–H groups in total. The van der Waals surface area contributed by atoms with E-state index in [-0.39, 0.29) is 17.8 Å². The van der Waals surface area contributed by atoms with E-state index >= 15 is 0 Å². The number of aromatic nitrogens is 2. The molecule has 0 amide bonds. The average molecular weight is 268 g/mol. The van der Waals surface area contributed by atoms with Gasteiger partial charge in [0.15, 0.2) is 5.82 Å². The number of ether oxygens (including phenoxy) is 2. The standard InChI is InChI=1S/C12H20N4O3/c1-5-18-12(17)8(4)16-10-9(13)11(15-6-14-10)19-7(2)3/h6-8H,5,13H2,1-4H3,(H,14,15,16). The van der Waals surface area contributed by atoms with Crippen LogP contribution in [0.1, 0.15) is 27.7 Å². The molecule has 1 aromatic rings. The zero-order valence-corrected chi connectivity index (χ0v) is 11.6. The van der Waals surface area contributed by atoms with Gasteiger partial charge in [-0.25, -0.2) is 9.78 Å². The monoisotopic (exact) mass is 268 g/mol. The van der Waals surface area contributed by atoms with E-state index in [2.05, 4.69) is 15.3 Å². The zero-order valence-electron chi connectivity index (χ0n) is 11.6. The van der Waals surface area contributed by atoms with E-state index in [1.165, 1.54) is 6.33 Å². The maximum Gasteiger partial charge on any atom is 0.328 e. The molecule has 1 atom stereocenters. The van der Waals surface area contributed by atoms with Gasteiger partial charge in [-0.05, 0) is 27.7 Å². The third-order valence-corrected chi connectivity index (χ3v) is 2.19. The first kappa shape index (κ1) is 15.0. The summed E-state index contributed by atoms with van der Waals surface area (Å²) in [6, 6.07) is -0.552. The maximum absolute atomic E-state index is 11.5. The Balaban J connectivity index is 2.81. The first-order valence-corrected chi connectivity index (χ1v) is 6.16. The van der Waals surface area contributed by atoms with Gasteiger partial charge in [-0.2, -0.15) is 4.98 Å². The first-order valence-electron chi connectivity index (χ1n) is 6.16. The second kappa shape index (κ2) is 6.77. The Morgan fingerprint density at radius 3 is 2.68 bits per heavy atom. The smallest absolute Gasteiger partial charge is 0.328 e. The maximum atomic E-state index is 11.5. The van der Waals surface area contributed by atoms with Crippen LogP contribution >= 0.6 is 0 Å². The van der Waals surface area contributed by atoms with Crippen molar-refractivity contribution in [1.82, 2.24) is 9.97 Å². The number of rotatable bonds is 6. The number of hydrogen-bond donors (Lipinski definition) is 2. The van der Waals surface area contributed by atoms with Crippen molar-refractivity contribution in [3.05, 3.63) is 6.33 Å². The summed E-state index contributed by atoms with van der Waals surface area (Å²) in [5.41, 5.74) is 6.16. The second-order valence-corrected chi connectivity index (χ2v) is 4.23. The normalized spacial score (nSPS) is 12.1. The summed E-state index contributed by atoms with van der Waals surface area (Å²) in [7, 11) is 0. The number of anilines is 2. The molecule has 0 aliphatic carbocycles. The number of hydrogen-bond acceptors (Lipinski definition) is 7. The fourth-order valence-electron chi connectivity index (χ4n) is 1.34. The van der Waals surface area contributed by atoms with Crippen LogP contribution in [0.3, 0.4) is 0 Å². The average Bonchev–Trinajstić information content (AvgIpc) is 2.34. The number of nitrogens with one attached hydrogen (secondary N) is 1. The SMILES string of the molecule is CCOC(=O)C(C)Nc1ncnc(OC(C)C)c1N. The van der Waals surface area contributed by atoms with Gasteiger partial charge in [0.25, 0.3) is 0 Å². The van der Waals surface area contributed by atoms with Gasteiger partial charge >= 0.3 is 5.97 Å². The van der Waals surface area contributed by atoms with Crippen LogP contribution in [-0.2, 0) is 9.53 Å². The molecule has 0 bridgehead atoms. The van der Waals surface area contributed by atoms with Crippen molar-refractivity contribution < 1.29 is 14.3 Å². The van der Waals surface area contributed by atoms with Gasteiger partial charge < -0.3 is 20.5 Å². The number of nitrogen functional groups attached to an aromatic ring is 1. The minimum Gasteiger partial charge on any atom is -0.473 e. The Morgan fingerprint density at radius 2 is 2.11 bits per heavy atom. The summed E-state index contributed by atoms with van der Waals surface area (Å²) in [4.78, 5) is 19.5. The molecular weight excluding hydrogens is 248 g/mol. The van der Waals surface area contributed by atoms with E-state index < -0.39 is 6.04 Å². The van der Waals surface area contributed by atoms with Gasteiger partial charge in [0, 0.05) is 0 Å². The number of carbonyl (C=O) groups excluding carboxylic acids is 1. The molecule has 1 aromatic heterocycles. The molecule has 0 aliphatic rings. The van der Waals surface area contributed by atoms with E-state index in [0.29, 0.717) is 18.3 Å². The van der Waals surface area contributed by atoms with Crippen molar-refractivity contribution in [2.24, 2.45) is 0 Å². The zero-order chi connectivity index (χ0) is 14.4. The third kappa shape index (κ3) is 4.27. The van der Waals surface area contributed by atoms with E-state index in [9.17, 15) is 4.79 Å². The van der Waals surface area contributed by atoms with Gasteiger partial charge in [0.1, 0.15) is 18.1 Å². The molecule has 1 heterocycles. The molecule has 0 saturated heterocycles. The first-order chi connectivity index (χ1) is 8.95. The van der Waals surface area contributed by atoms with Gasteiger partial charge in [-0.15, -0.1) is 0 Å². The van der Waals surface area contributed by atoms with E-state index in [1.807, 2.05) is 13.8 Å². The van der Waals surface area contributed by atoms with Gasteiger partial charge in [0.2, 0.25) is 5.88 Å². The van der Waals surface area contributed by atoms with Crippen molar-refractivity contribution in [2.75, 3.05) is 17.7 Å². The molecule has 19 heavy (non-hydrogen) atoms. The summed E-state index contributed by atoms with van der Waals surface area (Å²) >= 11 is 0. The lowest BCUT2D eigenvalue weighted by Gasteiger charge is -2.16. The van der Waals surface area contributed by atoms with Crippen LogP contribution < -0.4 is 15.8 Å². The predicted molar refractivity (Wildman–Crippen MR) is 71.9 cm³/mol. The van der Waals surface area contributed by atoms with E-state index in [1.54, 1.807) is 13.8 Å². The summed E-state index contributed by atoms with van der Waals surface area (Å²) in [6.45, 7) is 7.48. The fourth-order valence-corrected chi connectivity index (χ4v) is 1.34. The van der Waals surface area contributed by atoms with Gasteiger partial charge in [0.05, 0.1) is 12.7 Å². The molecule has 0 spiro atoms. The summed E-state index contributed by atoms with van der Waals surface area (Å²) in [5, 5.41) is 2.88. The van der Waals surface area contributed by atoms with Crippen molar-refractivity contribution in [3.8, 4) is 5.88 Å². The van der Waals surface area contributed by atoms with E-state index in [4.69, 9.17) is 15.2 Å². The number of nitrogens with two attached hydrogens (primary N) is 1. The quantitative estimate of drug-likeness (QED) is 0.748. The highest BCUT2D eigenvalue weighted by molar-refractivity contribution is 5.80. The Bertz CT molecular complexity index is 437. The minimum absolute atomic E-state index is 0.0486. The van der Waals surface area contributed by atoms with Crippen LogP contribution in [0, 0.1) is 0 Å². The van der Waals surface area contributed by atoms with Crippen molar-refractivity contribution in [3.63, 3.8) is 0 Å².